The summed E-state index contributed by atoms with van der Waals surface area (Å²) in [6.45, 7) is 4.75. The van der Waals surface area contributed by atoms with Crippen molar-refractivity contribution in [2.24, 2.45) is 10.9 Å². The van der Waals surface area contributed by atoms with E-state index in [1.165, 1.54) is 13.0 Å². The Morgan fingerprint density at radius 1 is 1.33 bits per heavy atom. The van der Waals surface area contributed by atoms with Crippen molar-refractivity contribution in [3.63, 3.8) is 0 Å². The highest BCUT2D eigenvalue weighted by molar-refractivity contribution is 5.87. The van der Waals surface area contributed by atoms with Crippen molar-refractivity contribution in [3.05, 3.63) is 0 Å². The van der Waals surface area contributed by atoms with Crippen molar-refractivity contribution in [1.82, 2.24) is 5.32 Å². The number of hydrogen-bond donors (Lipinski definition) is 2. The van der Waals surface area contributed by atoms with Crippen LogP contribution in [0.2, 0.25) is 0 Å². The van der Waals surface area contributed by atoms with Crippen LogP contribution in [0.5, 0.6) is 0 Å². The summed E-state index contributed by atoms with van der Waals surface area (Å²) in [4.78, 5) is 35.3. The number of carbonyl (C=O) groups excluding carboxylic acids is 2. The monoisotopic (exact) mass is 214 g/mol. The van der Waals surface area contributed by atoms with Gasteiger partial charge in [0.15, 0.2) is 0 Å². The minimum atomic E-state index is -1.14. The van der Waals surface area contributed by atoms with Gasteiger partial charge in [0.05, 0.1) is 0 Å². The second kappa shape index (κ2) is 5.93. The molecule has 0 aliphatic rings. The molecule has 0 saturated carbocycles. The number of amides is 1. The number of nitrogens with zero attached hydrogens (tertiary/aromatic N) is 1. The van der Waals surface area contributed by atoms with E-state index in [0.29, 0.717) is 0 Å². The van der Waals surface area contributed by atoms with Crippen LogP contribution in [0.4, 0.5) is 0 Å². The largest absolute Gasteiger partial charge is 0.480 e. The second-order valence-electron chi connectivity index (χ2n) is 3.48. The van der Waals surface area contributed by atoms with Crippen molar-refractivity contribution in [1.29, 1.82) is 0 Å². The average molecular weight is 214 g/mol. The van der Waals surface area contributed by atoms with Crippen molar-refractivity contribution in [3.8, 4) is 0 Å². The molecule has 84 valence electrons. The highest BCUT2D eigenvalue weighted by Gasteiger charge is 2.24. The van der Waals surface area contributed by atoms with Crippen LogP contribution in [0.3, 0.4) is 0 Å². The highest BCUT2D eigenvalue weighted by Crippen LogP contribution is 2.06. The van der Waals surface area contributed by atoms with Gasteiger partial charge in [0.2, 0.25) is 12.0 Å². The molecule has 0 bridgehead atoms. The lowest BCUT2D eigenvalue weighted by atomic mass is 10.0. The number of carboxylic acid groups (broad SMARTS) is 1. The van der Waals surface area contributed by atoms with Gasteiger partial charge in [-0.2, -0.15) is 4.99 Å². The molecular weight excluding hydrogens is 200 g/mol. The summed E-state index contributed by atoms with van der Waals surface area (Å²) < 4.78 is 0. The predicted octanol–water partition coefficient (Wildman–Crippen LogP) is -0.0639. The first-order valence-corrected chi connectivity index (χ1v) is 4.50. The van der Waals surface area contributed by atoms with Crippen LogP contribution in [0.1, 0.15) is 20.8 Å². The van der Waals surface area contributed by atoms with Gasteiger partial charge in [0.25, 0.3) is 0 Å². The van der Waals surface area contributed by atoms with Crippen LogP contribution in [0.15, 0.2) is 4.99 Å². The van der Waals surface area contributed by atoms with Gasteiger partial charge in [-0.15, -0.1) is 0 Å². The van der Waals surface area contributed by atoms with Gasteiger partial charge in [-0.3, -0.25) is 9.59 Å². The van der Waals surface area contributed by atoms with E-state index in [9.17, 15) is 14.4 Å². The molecule has 0 saturated heterocycles. The Morgan fingerprint density at radius 2 is 1.87 bits per heavy atom. The Hall–Kier alpha value is -1.68. The smallest absolute Gasteiger partial charge is 0.325 e. The lowest BCUT2D eigenvalue weighted by Gasteiger charge is -2.16. The second-order valence-corrected chi connectivity index (χ2v) is 3.48. The van der Waals surface area contributed by atoms with Crippen LogP contribution in [0, 0.1) is 5.92 Å². The molecule has 0 aromatic carbocycles. The first kappa shape index (κ1) is 13.3. The summed E-state index contributed by atoms with van der Waals surface area (Å²) in [7, 11) is 0. The molecule has 0 aromatic heterocycles. The van der Waals surface area contributed by atoms with Gasteiger partial charge >= 0.3 is 5.97 Å². The Bertz CT molecular complexity index is 294. The normalized spacial score (nSPS) is 13.9. The van der Waals surface area contributed by atoms with Gasteiger partial charge < -0.3 is 10.4 Å². The summed E-state index contributed by atoms with van der Waals surface area (Å²) in [5, 5.41) is 10.8. The van der Waals surface area contributed by atoms with E-state index in [1.54, 1.807) is 13.8 Å². The maximum Gasteiger partial charge on any atom is 0.325 e. The molecule has 0 aliphatic heterocycles. The molecule has 0 fully saturated rings. The van der Waals surface area contributed by atoms with E-state index >= 15 is 0 Å². The van der Waals surface area contributed by atoms with Crippen LogP contribution in [0.25, 0.3) is 0 Å². The summed E-state index contributed by atoms with van der Waals surface area (Å²) in [6, 6.07) is -1.88. The molecular formula is C9H14N2O4. The minimum absolute atomic E-state index is 0.188. The number of hydrogen-bond acceptors (Lipinski definition) is 4. The molecule has 0 aliphatic carbocycles. The average Bonchev–Trinajstić information content (AvgIpc) is 2.12. The van der Waals surface area contributed by atoms with Crippen LogP contribution in [-0.4, -0.2) is 35.1 Å². The number of carboxylic acids is 1. The molecule has 0 spiro atoms. The number of aliphatic carboxylic acids is 1. The molecule has 15 heavy (non-hydrogen) atoms. The van der Waals surface area contributed by atoms with Crippen molar-refractivity contribution in [2.75, 3.05) is 0 Å². The number of nitrogens with one attached hydrogen (secondary N) is 1. The molecule has 6 nitrogen and oxygen atoms in total. The van der Waals surface area contributed by atoms with E-state index in [-0.39, 0.29) is 5.92 Å². The van der Waals surface area contributed by atoms with Crippen molar-refractivity contribution >= 4 is 18.0 Å². The maximum absolute atomic E-state index is 11.4. The molecule has 0 radical (unpaired) electrons. The third-order valence-corrected chi connectivity index (χ3v) is 1.82. The summed E-state index contributed by atoms with van der Waals surface area (Å²) >= 11 is 0. The molecule has 2 N–H and O–H groups in total. The molecule has 6 heteroatoms. The van der Waals surface area contributed by atoms with Crippen LogP contribution in [-0.2, 0) is 14.4 Å². The van der Waals surface area contributed by atoms with Gasteiger partial charge in [-0.1, -0.05) is 13.8 Å². The van der Waals surface area contributed by atoms with Gasteiger partial charge in [-0.05, 0) is 12.8 Å². The number of isocyanates is 1. The van der Waals surface area contributed by atoms with E-state index in [1.807, 2.05) is 0 Å². The fourth-order valence-electron chi connectivity index (χ4n) is 0.928. The lowest BCUT2D eigenvalue weighted by molar-refractivity contribution is -0.141. The molecule has 0 aromatic rings. The number of aliphatic imine (C=N–C) groups is 1. The molecule has 2 unspecified atom stereocenters. The number of carbonyl (C=O) groups is 2. The minimum Gasteiger partial charge on any atom is -0.480 e. The standard InChI is InChI=1S/C9H14N2O4/c1-5(2)7(10-4-12)8(13)11-6(3)9(14)15/h5-7H,1-3H3,(H,11,13)(H,14,15). The van der Waals surface area contributed by atoms with Crippen molar-refractivity contribution in [2.45, 2.75) is 32.9 Å². The zero-order valence-electron chi connectivity index (χ0n) is 8.85. The zero-order valence-corrected chi connectivity index (χ0v) is 8.85. The zero-order chi connectivity index (χ0) is 12.0. The molecule has 0 heterocycles. The lowest BCUT2D eigenvalue weighted by Crippen LogP contribution is -2.44. The van der Waals surface area contributed by atoms with E-state index in [2.05, 4.69) is 10.3 Å². The third-order valence-electron chi connectivity index (χ3n) is 1.82. The quantitative estimate of drug-likeness (QED) is 0.495. The van der Waals surface area contributed by atoms with Crippen molar-refractivity contribution < 1.29 is 19.5 Å². The number of rotatable bonds is 5. The van der Waals surface area contributed by atoms with Gasteiger partial charge in [0.1, 0.15) is 12.1 Å². The van der Waals surface area contributed by atoms with Crippen LogP contribution < -0.4 is 5.32 Å². The molecule has 0 rings (SSSR count). The Balaban J connectivity index is 4.52. The maximum atomic E-state index is 11.4. The summed E-state index contributed by atoms with van der Waals surface area (Å²) in [5.74, 6) is -1.91. The SMILES string of the molecule is CC(NC(=O)C(N=C=O)C(C)C)C(=O)O. The molecule has 2 atom stereocenters. The Labute approximate surface area is 87.4 Å². The Morgan fingerprint density at radius 3 is 2.20 bits per heavy atom. The highest BCUT2D eigenvalue weighted by atomic mass is 16.4. The van der Waals surface area contributed by atoms with E-state index in [4.69, 9.17) is 5.11 Å². The summed E-state index contributed by atoms with van der Waals surface area (Å²) in [6.07, 6.45) is 1.30. The first-order valence-electron chi connectivity index (χ1n) is 4.50. The third kappa shape index (κ3) is 4.37. The van der Waals surface area contributed by atoms with Gasteiger partial charge in [0, 0.05) is 0 Å². The topological polar surface area (TPSA) is 95.8 Å². The molecule has 1 amide bonds. The van der Waals surface area contributed by atoms with E-state index in [0.717, 1.165) is 0 Å². The Kier molecular flexibility index (Phi) is 5.26. The van der Waals surface area contributed by atoms with E-state index < -0.39 is 24.0 Å². The van der Waals surface area contributed by atoms with Gasteiger partial charge in [-0.25, -0.2) is 4.79 Å². The summed E-state index contributed by atoms with van der Waals surface area (Å²) in [5.41, 5.74) is 0. The first-order chi connectivity index (χ1) is 6.90. The van der Waals surface area contributed by atoms with Crippen LogP contribution >= 0.6 is 0 Å². The fraction of sp³-hybridized carbons (Fsp3) is 0.667. The predicted molar refractivity (Wildman–Crippen MR) is 52.0 cm³/mol. The fourth-order valence-corrected chi connectivity index (χ4v) is 0.928.